The highest BCUT2D eigenvalue weighted by Crippen LogP contribution is 2.17. The fraction of sp³-hybridized carbons (Fsp3) is 0.538. The molecule has 1 aromatic rings. The molecule has 0 aliphatic heterocycles. The molecule has 0 heterocycles. The van der Waals surface area contributed by atoms with Crippen molar-refractivity contribution in [2.75, 3.05) is 13.2 Å². The summed E-state index contributed by atoms with van der Waals surface area (Å²) < 4.78 is 26.2. The van der Waals surface area contributed by atoms with Crippen LogP contribution in [0.15, 0.2) is 29.2 Å². The molecule has 0 spiro atoms. The van der Waals surface area contributed by atoms with Crippen LogP contribution in [0.1, 0.15) is 32.3 Å². The molecule has 0 saturated heterocycles. The van der Waals surface area contributed by atoms with Gasteiger partial charge in [0, 0.05) is 6.54 Å². The van der Waals surface area contributed by atoms with Crippen molar-refractivity contribution in [1.29, 1.82) is 0 Å². The van der Waals surface area contributed by atoms with E-state index in [9.17, 15) is 13.5 Å². The van der Waals surface area contributed by atoms with Crippen LogP contribution >= 0.6 is 0 Å². The summed E-state index contributed by atoms with van der Waals surface area (Å²) in [7, 11) is -3.67. The maximum absolute atomic E-state index is 12.0. The van der Waals surface area contributed by atoms with Crippen LogP contribution in [0, 0.1) is 0 Å². The second-order valence-corrected chi connectivity index (χ2v) is 6.97. The lowest BCUT2D eigenvalue weighted by Gasteiger charge is -2.20. The van der Waals surface area contributed by atoms with E-state index < -0.39 is 22.2 Å². The van der Waals surface area contributed by atoms with Gasteiger partial charge in [0.2, 0.25) is 10.0 Å². The van der Waals surface area contributed by atoms with E-state index in [4.69, 9.17) is 5.11 Å². The molecule has 0 radical (unpaired) electrons. The molecule has 0 saturated carbocycles. The van der Waals surface area contributed by atoms with E-state index in [1.54, 1.807) is 12.1 Å². The van der Waals surface area contributed by atoms with Gasteiger partial charge in [0.15, 0.2) is 0 Å². The van der Waals surface area contributed by atoms with Crippen LogP contribution in [0.2, 0.25) is 0 Å². The van der Waals surface area contributed by atoms with Crippen molar-refractivity contribution < 1.29 is 18.6 Å². The smallest absolute Gasteiger partial charge is 0.240 e. The van der Waals surface area contributed by atoms with E-state index in [-0.39, 0.29) is 11.4 Å². The maximum atomic E-state index is 12.0. The van der Waals surface area contributed by atoms with Gasteiger partial charge in [0.25, 0.3) is 0 Å². The van der Waals surface area contributed by atoms with Gasteiger partial charge >= 0.3 is 0 Å². The average molecular weight is 287 g/mol. The highest BCUT2D eigenvalue weighted by molar-refractivity contribution is 7.89. The highest BCUT2D eigenvalue weighted by atomic mass is 32.2. The molecule has 6 heteroatoms. The molecule has 1 atom stereocenters. The zero-order valence-corrected chi connectivity index (χ0v) is 12.2. The number of sulfonamides is 1. The summed E-state index contributed by atoms with van der Waals surface area (Å²) in [5, 5.41) is 18.4. The Morgan fingerprint density at radius 1 is 1.26 bits per heavy atom. The number of aliphatic hydroxyl groups excluding tert-OH is 1. The third-order valence-electron chi connectivity index (χ3n) is 2.84. The summed E-state index contributed by atoms with van der Waals surface area (Å²) in [4.78, 5) is 0.144. The van der Waals surface area contributed by atoms with Crippen molar-refractivity contribution in [3.8, 4) is 0 Å². The number of rotatable bonds is 6. The van der Waals surface area contributed by atoms with Crippen LogP contribution in [-0.2, 0) is 10.0 Å². The van der Waals surface area contributed by atoms with Crippen LogP contribution in [0.4, 0.5) is 0 Å². The minimum absolute atomic E-state index is 0.144. The lowest BCUT2D eigenvalue weighted by molar-refractivity contribution is 0.00681. The Labute approximate surface area is 114 Å². The molecule has 0 bridgehead atoms. The van der Waals surface area contributed by atoms with E-state index in [1.165, 1.54) is 19.1 Å². The summed E-state index contributed by atoms with van der Waals surface area (Å²) in [5.41, 5.74) is -0.411. The van der Waals surface area contributed by atoms with Crippen LogP contribution in [0.25, 0.3) is 0 Å². The van der Waals surface area contributed by atoms with Crippen molar-refractivity contribution in [1.82, 2.24) is 4.72 Å². The summed E-state index contributed by atoms with van der Waals surface area (Å²) in [6.07, 6.45) is 0. The fourth-order valence-corrected chi connectivity index (χ4v) is 2.58. The second kappa shape index (κ2) is 6.00. The predicted molar refractivity (Wildman–Crippen MR) is 73.4 cm³/mol. The number of nitrogens with one attached hydrogen (secondary N) is 1. The minimum atomic E-state index is -3.67. The van der Waals surface area contributed by atoms with Crippen molar-refractivity contribution >= 4 is 10.0 Å². The first kappa shape index (κ1) is 16.1. The number of benzene rings is 1. The second-order valence-electron chi connectivity index (χ2n) is 5.20. The first-order valence-corrected chi connectivity index (χ1v) is 7.59. The SMILES string of the molecule is CC(C)c1ccc(S(=O)(=O)NCC(C)(O)CO)cc1. The van der Waals surface area contributed by atoms with Crippen LogP contribution in [0.5, 0.6) is 0 Å². The van der Waals surface area contributed by atoms with Gasteiger partial charge in [-0.05, 0) is 30.5 Å². The van der Waals surface area contributed by atoms with Crippen LogP contribution in [0.3, 0.4) is 0 Å². The standard InChI is InChI=1S/C13H21NO4S/c1-10(2)11-4-6-12(7-5-11)19(17,18)14-8-13(3,16)9-15/h4-7,10,14-16H,8-9H2,1-3H3. The molecule has 0 amide bonds. The quantitative estimate of drug-likeness (QED) is 0.723. The normalized spacial score (nSPS) is 15.5. The molecule has 0 aromatic heterocycles. The summed E-state index contributed by atoms with van der Waals surface area (Å²) in [6, 6.07) is 6.60. The highest BCUT2D eigenvalue weighted by Gasteiger charge is 2.23. The minimum Gasteiger partial charge on any atom is -0.393 e. The van der Waals surface area contributed by atoms with Crippen LogP contribution < -0.4 is 4.72 Å². The molecular weight excluding hydrogens is 266 g/mol. The van der Waals surface area contributed by atoms with Gasteiger partial charge < -0.3 is 10.2 Å². The average Bonchev–Trinajstić information content (AvgIpc) is 2.37. The van der Waals surface area contributed by atoms with Crippen molar-refractivity contribution in [2.24, 2.45) is 0 Å². The molecule has 0 fully saturated rings. The Morgan fingerprint density at radius 2 is 1.79 bits per heavy atom. The van der Waals surface area contributed by atoms with E-state index in [0.717, 1.165) is 5.56 Å². The molecule has 3 N–H and O–H groups in total. The third-order valence-corrected chi connectivity index (χ3v) is 4.26. The zero-order valence-electron chi connectivity index (χ0n) is 11.4. The molecule has 5 nitrogen and oxygen atoms in total. The Bertz CT molecular complexity index is 506. The molecule has 1 rings (SSSR count). The van der Waals surface area contributed by atoms with E-state index in [0.29, 0.717) is 5.92 Å². The van der Waals surface area contributed by atoms with E-state index in [2.05, 4.69) is 4.72 Å². The lowest BCUT2D eigenvalue weighted by atomic mass is 10.0. The van der Waals surface area contributed by atoms with Gasteiger partial charge in [0.1, 0.15) is 0 Å². The Kier molecular flexibility index (Phi) is 5.09. The third kappa shape index (κ3) is 4.58. The van der Waals surface area contributed by atoms with E-state index in [1.807, 2.05) is 13.8 Å². The molecule has 0 aliphatic carbocycles. The lowest BCUT2D eigenvalue weighted by Crippen LogP contribution is -2.43. The number of hydrogen-bond donors (Lipinski definition) is 3. The van der Waals surface area contributed by atoms with Gasteiger partial charge in [-0.25, -0.2) is 13.1 Å². The van der Waals surface area contributed by atoms with Crippen molar-refractivity contribution in [3.05, 3.63) is 29.8 Å². The predicted octanol–water partition coefficient (Wildman–Crippen LogP) is 0.832. The molecule has 1 aromatic carbocycles. The van der Waals surface area contributed by atoms with E-state index >= 15 is 0 Å². The summed E-state index contributed by atoms with van der Waals surface area (Å²) in [5.74, 6) is 0.333. The van der Waals surface area contributed by atoms with Gasteiger partial charge in [-0.15, -0.1) is 0 Å². The molecule has 19 heavy (non-hydrogen) atoms. The van der Waals surface area contributed by atoms with Gasteiger partial charge in [-0.3, -0.25) is 0 Å². The zero-order chi connectivity index (χ0) is 14.7. The van der Waals surface area contributed by atoms with Gasteiger partial charge in [0.05, 0.1) is 17.1 Å². The maximum Gasteiger partial charge on any atom is 0.240 e. The largest absolute Gasteiger partial charge is 0.393 e. The van der Waals surface area contributed by atoms with Gasteiger partial charge in [-0.2, -0.15) is 0 Å². The molecule has 0 aliphatic rings. The molecular formula is C13H21NO4S. The summed E-state index contributed by atoms with van der Waals surface area (Å²) in [6.45, 7) is 4.66. The topological polar surface area (TPSA) is 86.6 Å². The van der Waals surface area contributed by atoms with Crippen LogP contribution in [-0.4, -0.2) is 37.4 Å². The Morgan fingerprint density at radius 3 is 2.21 bits per heavy atom. The summed E-state index contributed by atoms with van der Waals surface area (Å²) >= 11 is 0. The Balaban J connectivity index is 2.83. The molecule has 1 unspecified atom stereocenters. The monoisotopic (exact) mass is 287 g/mol. The van der Waals surface area contributed by atoms with Gasteiger partial charge in [-0.1, -0.05) is 26.0 Å². The van der Waals surface area contributed by atoms with Crippen molar-refractivity contribution in [2.45, 2.75) is 37.2 Å². The molecule has 108 valence electrons. The Hall–Kier alpha value is -0.950. The van der Waals surface area contributed by atoms with Crippen molar-refractivity contribution in [3.63, 3.8) is 0 Å². The number of hydrogen-bond acceptors (Lipinski definition) is 4. The fourth-order valence-electron chi connectivity index (χ4n) is 1.42. The number of aliphatic hydroxyl groups is 2. The first-order valence-electron chi connectivity index (χ1n) is 6.11. The first-order chi connectivity index (χ1) is 8.68.